The van der Waals surface area contributed by atoms with Crippen molar-refractivity contribution in [3.05, 3.63) is 0 Å². The highest BCUT2D eigenvalue weighted by Crippen LogP contribution is 2.06. The van der Waals surface area contributed by atoms with Crippen LogP contribution in [0.3, 0.4) is 0 Å². The van der Waals surface area contributed by atoms with Crippen molar-refractivity contribution in [1.29, 1.82) is 0 Å². The third-order valence-electron chi connectivity index (χ3n) is 2.51. The molecule has 0 fully saturated rings. The van der Waals surface area contributed by atoms with Crippen molar-refractivity contribution < 1.29 is 17.9 Å². The third-order valence-corrected chi connectivity index (χ3v) is 3.81. The predicted molar refractivity (Wildman–Crippen MR) is 83.8 cm³/mol. The summed E-state index contributed by atoms with van der Waals surface area (Å²) in [5.74, 6) is 0. The molecule has 0 aromatic heterocycles. The Labute approximate surface area is 128 Å². The third kappa shape index (κ3) is 11.5. The topological polar surface area (TPSA) is 79.0 Å². The Morgan fingerprint density at radius 2 is 1.71 bits per heavy atom. The number of amides is 1. The zero-order valence-corrected chi connectivity index (χ0v) is 14.8. The lowest BCUT2D eigenvalue weighted by molar-refractivity contribution is 0.0525. The number of hydrogen-bond donors (Lipinski definition) is 1. The molecule has 0 saturated carbocycles. The van der Waals surface area contributed by atoms with Gasteiger partial charge in [-0.05, 0) is 47.8 Å². The minimum Gasteiger partial charge on any atom is -0.444 e. The summed E-state index contributed by atoms with van der Waals surface area (Å²) < 4.78 is 29.8. The summed E-state index contributed by atoms with van der Waals surface area (Å²) in [5.41, 5.74) is -0.563. The molecule has 0 radical (unpaired) electrons. The van der Waals surface area contributed by atoms with Crippen LogP contribution in [0.1, 0.15) is 27.2 Å². The van der Waals surface area contributed by atoms with E-state index in [0.29, 0.717) is 6.54 Å². The second kappa shape index (κ2) is 8.55. The number of nitrogens with one attached hydrogen (secondary N) is 1. The van der Waals surface area contributed by atoms with Crippen molar-refractivity contribution in [2.75, 3.05) is 46.5 Å². The Balaban J connectivity index is 4.23. The quantitative estimate of drug-likeness (QED) is 0.712. The van der Waals surface area contributed by atoms with Gasteiger partial charge < -0.3 is 15.0 Å². The molecular formula is C13H29N3O4S. The average molecular weight is 323 g/mol. The molecule has 21 heavy (non-hydrogen) atoms. The van der Waals surface area contributed by atoms with E-state index >= 15 is 0 Å². The molecule has 0 saturated heterocycles. The summed E-state index contributed by atoms with van der Waals surface area (Å²) in [6.07, 6.45) is 1.38. The van der Waals surface area contributed by atoms with Crippen LogP contribution in [0.5, 0.6) is 0 Å². The van der Waals surface area contributed by atoms with E-state index in [1.165, 1.54) is 10.6 Å². The number of sulfonamides is 1. The molecular weight excluding hydrogens is 294 g/mol. The Kier molecular flexibility index (Phi) is 8.20. The molecule has 1 N–H and O–H groups in total. The lowest BCUT2D eigenvalue weighted by Gasteiger charge is -2.22. The Morgan fingerprint density at radius 3 is 2.14 bits per heavy atom. The lowest BCUT2D eigenvalue weighted by Crippen LogP contribution is -2.40. The number of nitrogens with zero attached hydrogens (tertiary/aromatic N) is 2. The van der Waals surface area contributed by atoms with Gasteiger partial charge in [-0.2, -0.15) is 0 Å². The summed E-state index contributed by atoms with van der Waals surface area (Å²) >= 11 is 0. The van der Waals surface area contributed by atoms with Gasteiger partial charge in [0.2, 0.25) is 10.0 Å². The monoisotopic (exact) mass is 323 g/mol. The van der Waals surface area contributed by atoms with Crippen LogP contribution < -0.4 is 5.32 Å². The van der Waals surface area contributed by atoms with Crippen molar-refractivity contribution in [1.82, 2.24) is 14.5 Å². The van der Waals surface area contributed by atoms with Crippen LogP contribution in [0.15, 0.2) is 0 Å². The molecule has 0 aromatic carbocycles. The summed E-state index contributed by atoms with van der Waals surface area (Å²) in [6, 6.07) is 0. The van der Waals surface area contributed by atoms with E-state index in [-0.39, 0.29) is 13.1 Å². The molecule has 0 rings (SSSR count). The first-order chi connectivity index (χ1) is 9.42. The molecule has 0 aliphatic rings. The van der Waals surface area contributed by atoms with Crippen LogP contribution in [-0.4, -0.2) is 75.8 Å². The number of carbonyl (C=O) groups is 1. The fourth-order valence-corrected chi connectivity index (χ4v) is 2.49. The first-order valence-electron chi connectivity index (χ1n) is 6.98. The number of rotatable bonds is 8. The van der Waals surface area contributed by atoms with Crippen molar-refractivity contribution >= 4 is 16.1 Å². The molecule has 7 nitrogen and oxygen atoms in total. The maximum Gasteiger partial charge on any atom is 0.407 e. The Bertz CT molecular complexity index is 416. The van der Waals surface area contributed by atoms with Gasteiger partial charge in [-0.25, -0.2) is 17.5 Å². The first kappa shape index (κ1) is 20.1. The average Bonchev–Trinajstić information content (AvgIpc) is 2.22. The number of hydrogen-bond acceptors (Lipinski definition) is 5. The smallest absolute Gasteiger partial charge is 0.407 e. The van der Waals surface area contributed by atoms with E-state index in [0.717, 1.165) is 13.0 Å². The van der Waals surface area contributed by atoms with Crippen LogP contribution in [0.4, 0.5) is 4.79 Å². The minimum absolute atomic E-state index is 0.226. The molecule has 0 aliphatic carbocycles. The molecule has 0 unspecified atom stereocenters. The maximum absolute atomic E-state index is 11.7. The molecule has 126 valence electrons. The second-order valence-electron chi connectivity index (χ2n) is 6.25. The van der Waals surface area contributed by atoms with Crippen molar-refractivity contribution in [3.8, 4) is 0 Å². The molecule has 8 heteroatoms. The van der Waals surface area contributed by atoms with E-state index in [2.05, 4.69) is 5.32 Å². The van der Waals surface area contributed by atoms with Crippen LogP contribution in [-0.2, 0) is 14.8 Å². The second-order valence-corrected chi connectivity index (χ2v) is 8.23. The van der Waals surface area contributed by atoms with Crippen molar-refractivity contribution in [3.63, 3.8) is 0 Å². The van der Waals surface area contributed by atoms with E-state index < -0.39 is 21.7 Å². The van der Waals surface area contributed by atoms with Gasteiger partial charge >= 0.3 is 6.09 Å². The molecule has 0 atom stereocenters. The zero-order valence-electron chi connectivity index (χ0n) is 14.0. The van der Waals surface area contributed by atoms with Gasteiger partial charge in [-0.1, -0.05) is 0 Å². The SMILES string of the molecule is CN(C)CCCN(CCNC(=O)OC(C)(C)C)S(C)(=O)=O. The van der Waals surface area contributed by atoms with Gasteiger partial charge in [0, 0.05) is 19.6 Å². The van der Waals surface area contributed by atoms with Crippen LogP contribution in [0.25, 0.3) is 0 Å². The number of alkyl carbamates (subject to hydrolysis) is 1. The molecule has 0 aliphatic heterocycles. The maximum atomic E-state index is 11.7. The number of ether oxygens (including phenoxy) is 1. The normalized spacial score (nSPS) is 12.8. The molecule has 0 aromatic rings. The van der Waals surface area contributed by atoms with Gasteiger partial charge in [-0.15, -0.1) is 0 Å². The molecule has 0 bridgehead atoms. The first-order valence-corrected chi connectivity index (χ1v) is 8.83. The van der Waals surface area contributed by atoms with Gasteiger partial charge in [0.15, 0.2) is 0 Å². The van der Waals surface area contributed by atoms with Crippen molar-refractivity contribution in [2.45, 2.75) is 32.8 Å². The van der Waals surface area contributed by atoms with E-state index in [1.54, 1.807) is 20.8 Å². The summed E-state index contributed by atoms with van der Waals surface area (Å²) in [6.45, 7) is 7.04. The number of carbonyl (C=O) groups excluding carboxylic acids is 1. The summed E-state index contributed by atoms with van der Waals surface area (Å²) in [5, 5.41) is 2.56. The van der Waals surface area contributed by atoms with Crippen LogP contribution in [0, 0.1) is 0 Å². The van der Waals surface area contributed by atoms with Gasteiger partial charge in [0.25, 0.3) is 0 Å². The molecule has 0 heterocycles. The highest BCUT2D eigenvalue weighted by atomic mass is 32.2. The summed E-state index contributed by atoms with van der Waals surface area (Å²) in [7, 11) is 0.605. The van der Waals surface area contributed by atoms with Gasteiger partial charge in [0.05, 0.1) is 6.26 Å². The Morgan fingerprint density at radius 1 is 1.14 bits per heavy atom. The highest BCUT2D eigenvalue weighted by Gasteiger charge is 2.18. The standard InChI is InChI=1S/C13H29N3O4S/c1-13(2,3)20-12(17)14-8-11-16(21(6,18)19)10-7-9-15(4)5/h7-11H2,1-6H3,(H,14,17). The fraction of sp³-hybridized carbons (Fsp3) is 0.923. The van der Waals surface area contributed by atoms with E-state index in [9.17, 15) is 13.2 Å². The molecule has 0 spiro atoms. The fourth-order valence-electron chi connectivity index (χ4n) is 1.60. The van der Waals surface area contributed by atoms with Crippen LogP contribution in [0.2, 0.25) is 0 Å². The minimum atomic E-state index is -3.27. The lowest BCUT2D eigenvalue weighted by atomic mass is 10.2. The Hall–Kier alpha value is -0.860. The molecule has 1 amide bonds. The van der Waals surface area contributed by atoms with Crippen molar-refractivity contribution in [2.24, 2.45) is 0 Å². The van der Waals surface area contributed by atoms with Crippen LogP contribution >= 0.6 is 0 Å². The van der Waals surface area contributed by atoms with Gasteiger partial charge in [-0.3, -0.25) is 0 Å². The highest BCUT2D eigenvalue weighted by molar-refractivity contribution is 7.88. The summed E-state index contributed by atoms with van der Waals surface area (Å²) in [4.78, 5) is 13.5. The zero-order chi connectivity index (χ0) is 16.7. The van der Waals surface area contributed by atoms with Gasteiger partial charge in [0.1, 0.15) is 5.60 Å². The van der Waals surface area contributed by atoms with E-state index in [1.807, 2.05) is 19.0 Å². The predicted octanol–water partition coefficient (Wildman–Crippen LogP) is 0.724. The largest absolute Gasteiger partial charge is 0.444 e. The van der Waals surface area contributed by atoms with E-state index in [4.69, 9.17) is 4.74 Å².